The molecular formula is C13H24N2O2. The van der Waals surface area contributed by atoms with Gasteiger partial charge in [0, 0.05) is 26.2 Å². The third kappa shape index (κ3) is 3.35. The van der Waals surface area contributed by atoms with Gasteiger partial charge in [-0.25, -0.2) is 4.79 Å². The third-order valence-electron chi connectivity index (χ3n) is 3.96. The summed E-state index contributed by atoms with van der Waals surface area (Å²) in [6.07, 6.45) is 7.54. The molecule has 0 unspecified atom stereocenters. The number of carbonyl (C=O) groups is 1. The lowest BCUT2D eigenvalue weighted by Gasteiger charge is -2.35. The van der Waals surface area contributed by atoms with E-state index in [0.29, 0.717) is 19.3 Å². The number of rotatable bonds is 1. The maximum atomic E-state index is 12.3. The summed E-state index contributed by atoms with van der Waals surface area (Å²) in [5.41, 5.74) is 0. The summed E-state index contributed by atoms with van der Waals surface area (Å²) in [7, 11) is 1.97. The van der Waals surface area contributed by atoms with E-state index in [1.54, 1.807) is 0 Å². The van der Waals surface area contributed by atoms with Gasteiger partial charge in [-0.3, -0.25) is 0 Å². The second-order valence-corrected chi connectivity index (χ2v) is 5.14. The summed E-state index contributed by atoms with van der Waals surface area (Å²) in [4.78, 5) is 16.2. The van der Waals surface area contributed by atoms with Crippen molar-refractivity contribution in [1.29, 1.82) is 0 Å². The standard InChI is InChI=1S/C13H24N2O2/c1-14(12-6-4-2-3-5-7-12)13(16)15-8-10-17-11-9-15/h12H,2-11H2,1H3. The van der Waals surface area contributed by atoms with Crippen LogP contribution in [0.3, 0.4) is 0 Å². The second-order valence-electron chi connectivity index (χ2n) is 5.14. The van der Waals surface area contributed by atoms with E-state index in [1.807, 2.05) is 16.8 Å². The van der Waals surface area contributed by atoms with E-state index in [2.05, 4.69) is 0 Å². The Kier molecular flexibility index (Phi) is 4.66. The van der Waals surface area contributed by atoms with E-state index in [9.17, 15) is 4.79 Å². The van der Waals surface area contributed by atoms with Crippen LogP contribution in [0.25, 0.3) is 0 Å². The zero-order valence-electron chi connectivity index (χ0n) is 10.9. The number of ether oxygens (including phenoxy) is 1. The molecule has 0 bridgehead atoms. The van der Waals surface area contributed by atoms with Crippen LogP contribution in [0.5, 0.6) is 0 Å². The van der Waals surface area contributed by atoms with Gasteiger partial charge in [-0.1, -0.05) is 25.7 Å². The first-order valence-electron chi connectivity index (χ1n) is 6.88. The maximum absolute atomic E-state index is 12.3. The van der Waals surface area contributed by atoms with E-state index in [4.69, 9.17) is 4.74 Å². The summed E-state index contributed by atoms with van der Waals surface area (Å²) >= 11 is 0. The van der Waals surface area contributed by atoms with Crippen molar-refractivity contribution in [1.82, 2.24) is 9.80 Å². The highest BCUT2D eigenvalue weighted by atomic mass is 16.5. The molecule has 0 aromatic rings. The number of hydrogen-bond acceptors (Lipinski definition) is 2. The predicted octanol–water partition coefficient (Wildman–Crippen LogP) is 2.09. The highest BCUT2D eigenvalue weighted by Gasteiger charge is 2.26. The van der Waals surface area contributed by atoms with E-state index in [0.717, 1.165) is 13.1 Å². The number of amides is 2. The Morgan fingerprint density at radius 1 is 1.12 bits per heavy atom. The predicted molar refractivity (Wildman–Crippen MR) is 67.0 cm³/mol. The first-order chi connectivity index (χ1) is 8.29. The summed E-state index contributed by atoms with van der Waals surface area (Å²) in [6.45, 7) is 2.86. The van der Waals surface area contributed by atoms with Crippen molar-refractivity contribution in [2.45, 2.75) is 44.6 Å². The van der Waals surface area contributed by atoms with Crippen LogP contribution >= 0.6 is 0 Å². The first-order valence-corrected chi connectivity index (χ1v) is 6.88. The Balaban J connectivity index is 1.88. The van der Waals surface area contributed by atoms with Gasteiger partial charge in [0.25, 0.3) is 0 Å². The Hall–Kier alpha value is -0.770. The molecule has 0 atom stereocenters. The van der Waals surface area contributed by atoms with E-state index >= 15 is 0 Å². The molecule has 2 aliphatic rings. The fraction of sp³-hybridized carbons (Fsp3) is 0.923. The normalized spacial score (nSPS) is 23.2. The van der Waals surface area contributed by atoms with Crippen LogP contribution in [0, 0.1) is 0 Å². The summed E-state index contributed by atoms with van der Waals surface area (Å²) in [6, 6.07) is 0.646. The smallest absolute Gasteiger partial charge is 0.320 e. The lowest BCUT2D eigenvalue weighted by molar-refractivity contribution is 0.0413. The molecule has 0 aromatic heterocycles. The topological polar surface area (TPSA) is 32.8 Å². The molecule has 2 amide bonds. The molecule has 98 valence electrons. The molecular weight excluding hydrogens is 216 g/mol. The average molecular weight is 240 g/mol. The number of morpholine rings is 1. The zero-order valence-corrected chi connectivity index (χ0v) is 10.9. The molecule has 0 spiro atoms. The van der Waals surface area contributed by atoms with E-state index in [-0.39, 0.29) is 6.03 Å². The highest BCUT2D eigenvalue weighted by Crippen LogP contribution is 2.22. The molecule has 2 fully saturated rings. The largest absolute Gasteiger partial charge is 0.378 e. The van der Waals surface area contributed by atoms with Crippen molar-refractivity contribution in [3.05, 3.63) is 0 Å². The van der Waals surface area contributed by atoms with Crippen LogP contribution in [-0.2, 0) is 4.74 Å². The first kappa shape index (κ1) is 12.7. The van der Waals surface area contributed by atoms with Gasteiger partial charge >= 0.3 is 6.03 Å². The van der Waals surface area contributed by atoms with Crippen molar-refractivity contribution >= 4 is 6.03 Å². The lowest BCUT2D eigenvalue weighted by atomic mass is 10.1. The van der Waals surface area contributed by atoms with E-state index in [1.165, 1.54) is 38.5 Å². The molecule has 17 heavy (non-hydrogen) atoms. The van der Waals surface area contributed by atoms with Gasteiger partial charge in [0.05, 0.1) is 13.2 Å². The quantitative estimate of drug-likeness (QED) is 0.657. The molecule has 1 saturated carbocycles. The third-order valence-corrected chi connectivity index (χ3v) is 3.96. The minimum atomic E-state index is 0.195. The molecule has 4 heteroatoms. The maximum Gasteiger partial charge on any atom is 0.320 e. The van der Waals surface area contributed by atoms with Crippen LogP contribution in [0.1, 0.15) is 38.5 Å². The summed E-state index contributed by atoms with van der Waals surface area (Å²) < 4.78 is 5.28. The second kappa shape index (κ2) is 6.24. The van der Waals surface area contributed by atoms with Gasteiger partial charge in [-0.2, -0.15) is 0 Å². The Morgan fingerprint density at radius 2 is 1.71 bits per heavy atom. The van der Waals surface area contributed by atoms with Crippen molar-refractivity contribution in [3.63, 3.8) is 0 Å². The zero-order chi connectivity index (χ0) is 12.1. The minimum Gasteiger partial charge on any atom is -0.378 e. The van der Waals surface area contributed by atoms with Gasteiger partial charge in [0.1, 0.15) is 0 Å². The molecule has 4 nitrogen and oxygen atoms in total. The van der Waals surface area contributed by atoms with Gasteiger partial charge < -0.3 is 14.5 Å². The van der Waals surface area contributed by atoms with Crippen molar-refractivity contribution in [2.24, 2.45) is 0 Å². The minimum absolute atomic E-state index is 0.195. The molecule has 0 N–H and O–H groups in total. The summed E-state index contributed by atoms with van der Waals surface area (Å²) in [5.74, 6) is 0. The molecule has 0 aromatic carbocycles. The molecule has 0 radical (unpaired) electrons. The molecule has 1 aliphatic carbocycles. The average Bonchev–Trinajstić information content (AvgIpc) is 2.67. The fourth-order valence-electron chi connectivity index (χ4n) is 2.78. The van der Waals surface area contributed by atoms with Crippen LogP contribution in [0.4, 0.5) is 4.79 Å². The summed E-state index contributed by atoms with van der Waals surface area (Å²) in [5, 5.41) is 0. The van der Waals surface area contributed by atoms with E-state index < -0.39 is 0 Å². The Morgan fingerprint density at radius 3 is 2.29 bits per heavy atom. The monoisotopic (exact) mass is 240 g/mol. The Labute approximate surface area is 104 Å². The van der Waals surface area contributed by atoms with Crippen molar-refractivity contribution < 1.29 is 9.53 Å². The fourth-order valence-corrected chi connectivity index (χ4v) is 2.78. The van der Waals surface area contributed by atoms with Gasteiger partial charge in [0.15, 0.2) is 0 Å². The van der Waals surface area contributed by atoms with Crippen molar-refractivity contribution in [2.75, 3.05) is 33.4 Å². The van der Waals surface area contributed by atoms with Crippen LogP contribution < -0.4 is 0 Å². The lowest BCUT2D eigenvalue weighted by Crippen LogP contribution is -2.49. The number of nitrogens with zero attached hydrogens (tertiary/aromatic N) is 2. The van der Waals surface area contributed by atoms with Gasteiger partial charge in [-0.15, -0.1) is 0 Å². The van der Waals surface area contributed by atoms with Crippen molar-refractivity contribution in [3.8, 4) is 0 Å². The molecule has 1 aliphatic heterocycles. The van der Waals surface area contributed by atoms with Gasteiger partial charge in [0.2, 0.25) is 0 Å². The van der Waals surface area contributed by atoms with Gasteiger partial charge in [-0.05, 0) is 12.8 Å². The highest BCUT2D eigenvalue weighted by molar-refractivity contribution is 5.74. The number of urea groups is 1. The Bertz CT molecular complexity index is 244. The molecule has 2 rings (SSSR count). The molecule has 1 saturated heterocycles. The van der Waals surface area contributed by atoms with Crippen LogP contribution in [-0.4, -0.2) is 55.2 Å². The van der Waals surface area contributed by atoms with Crippen LogP contribution in [0.2, 0.25) is 0 Å². The van der Waals surface area contributed by atoms with Crippen LogP contribution in [0.15, 0.2) is 0 Å². The molecule has 1 heterocycles. The number of hydrogen-bond donors (Lipinski definition) is 0. The number of carbonyl (C=O) groups excluding carboxylic acids is 1. The SMILES string of the molecule is CN(C(=O)N1CCOCC1)C1CCCCCC1.